The predicted octanol–water partition coefficient (Wildman–Crippen LogP) is 5.57. The van der Waals surface area contributed by atoms with E-state index in [1.54, 1.807) is 11.8 Å². The Labute approximate surface area is 171 Å². The average Bonchev–Trinajstić information content (AvgIpc) is 3.02. The minimum atomic E-state index is -0.0839. The average molecular weight is 397 g/mol. The number of hydrogen-bond acceptors (Lipinski definition) is 3. The molecule has 2 aromatic carbocycles. The molecule has 0 saturated carbocycles. The van der Waals surface area contributed by atoms with Crippen LogP contribution >= 0.6 is 11.8 Å². The summed E-state index contributed by atoms with van der Waals surface area (Å²) in [7, 11) is 0. The fourth-order valence-electron chi connectivity index (χ4n) is 3.32. The van der Waals surface area contributed by atoms with Gasteiger partial charge in [-0.2, -0.15) is 0 Å². The second-order valence-electron chi connectivity index (χ2n) is 7.94. The Hall–Kier alpha value is -2.27. The van der Waals surface area contributed by atoms with Crippen LogP contribution in [0.15, 0.2) is 48.5 Å². The number of rotatable bonds is 6. The Morgan fingerprint density at radius 3 is 2.50 bits per heavy atom. The number of benzene rings is 2. The van der Waals surface area contributed by atoms with Gasteiger partial charge in [-0.15, -0.1) is 11.8 Å². The molecule has 1 N–H and O–H groups in total. The van der Waals surface area contributed by atoms with Gasteiger partial charge in [0.05, 0.1) is 5.75 Å². The first-order valence-corrected chi connectivity index (χ1v) is 10.8. The summed E-state index contributed by atoms with van der Waals surface area (Å²) in [6.45, 7) is 8.37. The highest BCUT2D eigenvalue weighted by Gasteiger charge is 2.34. The van der Waals surface area contributed by atoms with Crippen LogP contribution in [0.5, 0.6) is 0 Å². The van der Waals surface area contributed by atoms with E-state index < -0.39 is 0 Å². The molecule has 3 rings (SSSR count). The van der Waals surface area contributed by atoms with Gasteiger partial charge in [0.15, 0.2) is 0 Å². The summed E-state index contributed by atoms with van der Waals surface area (Å²) in [5.41, 5.74) is 3.97. The van der Waals surface area contributed by atoms with Gasteiger partial charge in [0.25, 0.3) is 0 Å². The smallest absolute Gasteiger partial charge is 0.238 e. The second-order valence-corrected chi connectivity index (χ2v) is 9.01. The molecule has 0 bridgehead atoms. The van der Waals surface area contributed by atoms with Gasteiger partial charge in [-0.05, 0) is 47.2 Å². The molecule has 148 valence electrons. The van der Waals surface area contributed by atoms with Gasteiger partial charge in [-0.1, -0.05) is 52.0 Å². The van der Waals surface area contributed by atoms with Gasteiger partial charge in [-0.3, -0.25) is 14.5 Å². The lowest BCUT2D eigenvalue weighted by Gasteiger charge is -2.25. The van der Waals surface area contributed by atoms with E-state index in [9.17, 15) is 9.59 Å². The van der Waals surface area contributed by atoms with Gasteiger partial charge < -0.3 is 5.32 Å². The van der Waals surface area contributed by atoms with Crippen LogP contribution in [0.2, 0.25) is 0 Å². The van der Waals surface area contributed by atoms with E-state index in [4.69, 9.17) is 0 Å². The molecule has 0 unspecified atom stereocenters. The van der Waals surface area contributed by atoms with Crippen molar-refractivity contribution in [3.63, 3.8) is 0 Å². The van der Waals surface area contributed by atoms with E-state index in [2.05, 4.69) is 31.3 Å². The van der Waals surface area contributed by atoms with Crippen molar-refractivity contribution < 1.29 is 9.59 Å². The van der Waals surface area contributed by atoms with E-state index in [1.807, 2.05) is 55.1 Å². The zero-order valence-electron chi connectivity index (χ0n) is 16.9. The largest absolute Gasteiger partial charge is 0.326 e. The number of nitrogens with one attached hydrogen (secondary N) is 1. The standard InChI is InChI=1S/C23H28N2O2S/c1-15(2)12-21(26)24-19-7-5-6-18(13-19)23-25(22(27)14-28-23)20-10-8-17(9-11-20)16(3)4/h5-11,13,15-16,23H,12,14H2,1-4H3,(H,24,26)/t23-/m0/s1. The first-order valence-electron chi connectivity index (χ1n) is 9.78. The third-order valence-electron chi connectivity index (χ3n) is 4.75. The summed E-state index contributed by atoms with van der Waals surface area (Å²) in [4.78, 5) is 26.6. The zero-order valence-corrected chi connectivity index (χ0v) is 17.8. The highest BCUT2D eigenvalue weighted by molar-refractivity contribution is 8.00. The molecule has 1 heterocycles. The van der Waals surface area contributed by atoms with Gasteiger partial charge in [0.1, 0.15) is 5.37 Å². The Kier molecular flexibility index (Phi) is 6.45. The van der Waals surface area contributed by atoms with Gasteiger partial charge in [0.2, 0.25) is 11.8 Å². The molecule has 0 aliphatic carbocycles. The van der Waals surface area contributed by atoms with Crippen LogP contribution < -0.4 is 10.2 Å². The number of nitrogens with zero attached hydrogens (tertiary/aromatic N) is 1. The summed E-state index contributed by atoms with van der Waals surface area (Å²) in [6, 6.07) is 16.1. The fraction of sp³-hybridized carbons (Fsp3) is 0.391. The van der Waals surface area contributed by atoms with E-state index in [0.717, 1.165) is 16.9 Å². The molecule has 1 fully saturated rings. The molecule has 1 aliphatic rings. The van der Waals surface area contributed by atoms with Crippen LogP contribution in [0, 0.1) is 5.92 Å². The molecule has 5 heteroatoms. The monoisotopic (exact) mass is 396 g/mol. The number of thioether (sulfide) groups is 1. The van der Waals surface area contributed by atoms with Crippen molar-refractivity contribution in [1.82, 2.24) is 0 Å². The molecule has 1 atom stereocenters. The third-order valence-corrected chi connectivity index (χ3v) is 5.97. The molecule has 0 spiro atoms. The SMILES string of the molecule is CC(C)CC(=O)Nc1cccc([C@@H]2SCC(=O)N2c2ccc(C(C)C)cc2)c1. The van der Waals surface area contributed by atoms with Crippen molar-refractivity contribution in [2.45, 2.75) is 45.4 Å². The lowest BCUT2D eigenvalue weighted by molar-refractivity contribution is -0.117. The molecule has 1 aliphatic heterocycles. The number of hydrogen-bond donors (Lipinski definition) is 1. The van der Waals surface area contributed by atoms with E-state index in [1.165, 1.54) is 5.56 Å². The van der Waals surface area contributed by atoms with E-state index in [0.29, 0.717) is 24.0 Å². The summed E-state index contributed by atoms with van der Waals surface area (Å²) in [5, 5.41) is 2.89. The number of carbonyl (C=O) groups excluding carboxylic acids is 2. The highest BCUT2D eigenvalue weighted by Crippen LogP contribution is 2.42. The number of amides is 2. The fourth-order valence-corrected chi connectivity index (χ4v) is 4.49. The number of carbonyl (C=O) groups is 2. The normalized spacial score (nSPS) is 16.9. The van der Waals surface area contributed by atoms with Crippen LogP contribution in [0.25, 0.3) is 0 Å². The third kappa shape index (κ3) is 4.76. The van der Waals surface area contributed by atoms with Crippen molar-refractivity contribution in [3.05, 3.63) is 59.7 Å². The summed E-state index contributed by atoms with van der Waals surface area (Å²) >= 11 is 1.62. The van der Waals surface area contributed by atoms with Crippen LogP contribution in [-0.2, 0) is 9.59 Å². The second kappa shape index (κ2) is 8.82. The maximum atomic E-state index is 12.6. The predicted molar refractivity (Wildman–Crippen MR) is 118 cm³/mol. The Morgan fingerprint density at radius 1 is 1.14 bits per heavy atom. The van der Waals surface area contributed by atoms with Gasteiger partial charge in [-0.25, -0.2) is 0 Å². The first-order chi connectivity index (χ1) is 13.3. The molecule has 2 aromatic rings. The topological polar surface area (TPSA) is 49.4 Å². The van der Waals surface area contributed by atoms with Crippen molar-refractivity contribution in [1.29, 1.82) is 0 Å². The highest BCUT2D eigenvalue weighted by atomic mass is 32.2. The first kappa shape index (κ1) is 20.5. The molecular formula is C23H28N2O2S. The maximum Gasteiger partial charge on any atom is 0.238 e. The molecule has 2 amide bonds. The van der Waals surface area contributed by atoms with Crippen molar-refractivity contribution in [2.75, 3.05) is 16.0 Å². The van der Waals surface area contributed by atoms with Gasteiger partial charge in [0, 0.05) is 17.8 Å². The van der Waals surface area contributed by atoms with Crippen LogP contribution in [0.3, 0.4) is 0 Å². The maximum absolute atomic E-state index is 12.6. The molecule has 1 saturated heterocycles. The lowest BCUT2D eigenvalue weighted by atomic mass is 10.0. The molecule has 28 heavy (non-hydrogen) atoms. The van der Waals surface area contributed by atoms with Gasteiger partial charge >= 0.3 is 0 Å². The van der Waals surface area contributed by atoms with Crippen molar-refractivity contribution in [3.8, 4) is 0 Å². The minimum Gasteiger partial charge on any atom is -0.326 e. The summed E-state index contributed by atoms with van der Waals surface area (Å²) in [5.74, 6) is 1.36. The zero-order chi connectivity index (χ0) is 20.3. The van der Waals surface area contributed by atoms with Crippen LogP contribution in [0.4, 0.5) is 11.4 Å². The summed E-state index contributed by atoms with van der Waals surface area (Å²) in [6.07, 6.45) is 0.495. The lowest BCUT2D eigenvalue weighted by Crippen LogP contribution is -2.27. The van der Waals surface area contributed by atoms with E-state index in [-0.39, 0.29) is 17.2 Å². The Balaban J connectivity index is 1.82. The van der Waals surface area contributed by atoms with Crippen LogP contribution in [0.1, 0.15) is 56.5 Å². The molecule has 4 nitrogen and oxygen atoms in total. The molecule has 0 radical (unpaired) electrons. The Morgan fingerprint density at radius 2 is 1.86 bits per heavy atom. The van der Waals surface area contributed by atoms with Crippen molar-refractivity contribution >= 4 is 35.0 Å². The minimum absolute atomic E-state index is 0.0171. The van der Waals surface area contributed by atoms with Crippen molar-refractivity contribution in [2.24, 2.45) is 5.92 Å². The Bertz CT molecular complexity index is 846. The molecule has 0 aromatic heterocycles. The molecular weight excluding hydrogens is 368 g/mol. The van der Waals surface area contributed by atoms with E-state index >= 15 is 0 Å². The quantitative estimate of drug-likeness (QED) is 0.694. The van der Waals surface area contributed by atoms with Crippen LogP contribution in [-0.4, -0.2) is 17.6 Å². The summed E-state index contributed by atoms with van der Waals surface area (Å²) < 4.78 is 0. The number of anilines is 2.